The van der Waals surface area contributed by atoms with Crippen molar-refractivity contribution in [3.8, 4) is 0 Å². The third-order valence-electron chi connectivity index (χ3n) is 8.32. The molecule has 7 rings (SSSR count). The molecular formula is C33H21Cl2NO3. The van der Waals surface area contributed by atoms with Crippen molar-refractivity contribution in [2.45, 2.75) is 18.0 Å². The van der Waals surface area contributed by atoms with Crippen molar-refractivity contribution < 1.29 is 14.4 Å². The second kappa shape index (κ2) is 8.77. The van der Waals surface area contributed by atoms with Crippen LogP contribution in [0.15, 0.2) is 103 Å². The van der Waals surface area contributed by atoms with E-state index in [1.807, 2.05) is 47.4 Å². The number of hydrogen-bond donors (Lipinski definition) is 0. The first kappa shape index (κ1) is 24.1. The lowest BCUT2D eigenvalue weighted by atomic mass is 9.64. The van der Waals surface area contributed by atoms with Crippen LogP contribution in [0.25, 0.3) is 6.08 Å². The summed E-state index contributed by atoms with van der Waals surface area (Å²) in [6.45, 7) is 0. The molecule has 1 fully saturated rings. The molecule has 3 atom stereocenters. The van der Waals surface area contributed by atoms with Gasteiger partial charge in [0.25, 0.3) is 0 Å². The fraction of sp³-hybridized carbons (Fsp3) is 0.121. The maximum atomic E-state index is 14.6. The highest BCUT2D eigenvalue weighted by Gasteiger charge is 2.71. The molecule has 1 aliphatic carbocycles. The maximum Gasteiger partial charge on any atom is 0.185 e. The number of nitrogens with zero attached hydrogens (tertiary/aromatic N) is 1. The first-order chi connectivity index (χ1) is 18.9. The van der Waals surface area contributed by atoms with Crippen LogP contribution in [-0.2, 0) is 0 Å². The topological polar surface area (TPSA) is 54.5 Å². The van der Waals surface area contributed by atoms with Gasteiger partial charge in [-0.3, -0.25) is 14.4 Å². The predicted molar refractivity (Wildman–Crippen MR) is 153 cm³/mol. The molecule has 39 heavy (non-hydrogen) atoms. The van der Waals surface area contributed by atoms with E-state index in [2.05, 4.69) is 0 Å². The average molecular weight is 550 g/mol. The molecule has 2 aliphatic heterocycles. The van der Waals surface area contributed by atoms with Gasteiger partial charge in [-0.15, -0.1) is 0 Å². The fourth-order valence-corrected chi connectivity index (χ4v) is 7.10. The van der Waals surface area contributed by atoms with Gasteiger partial charge in [0.2, 0.25) is 0 Å². The zero-order valence-corrected chi connectivity index (χ0v) is 22.1. The number of carbonyl (C=O) groups is 3. The molecule has 4 nitrogen and oxygen atoms in total. The Morgan fingerprint density at radius 1 is 0.744 bits per heavy atom. The summed E-state index contributed by atoms with van der Waals surface area (Å²) in [7, 11) is 0. The van der Waals surface area contributed by atoms with E-state index < -0.39 is 23.4 Å². The highest BCUT2D eigenvalue weighted by atomic mass is 35.5. The van der Waals surface area contributed by atoms with Gasteiger partial charge < -0.3 is 4.90 Å². The molecule has 0 aromatic heterocycles. The van der Waals surface area contributed by atoms with Gasteiger partial charge in [-0.05, 0) is 53.6 Å². The summed E-state index contributed by atoms with van der Waals surface area (Å²) in [5.74, 6) is -1.52. The van der Waals surface area contributed by atoms with E-state index in [1.54, 1.807) is 66.7 Å². The zero-order valence-electron chi connectivity index (χ0n) is 20.6. The molecule has 3 aliphatic rings. The standard InChI is InChI=1S/C33H21Cl2NO3/c34-22-15-12-20(13-16-22)30(37)29-28(21-7-5-8-23(35)18-21)33(31(38)24-9-2-3-10-25(24)32(33)39)27-17-14-19-6-1-4-11-26(19)36(27)29/h1-18,27-29H/t27?,28-,29+/m1/s1. The van der Waals surface area contributed by atoms with Crippen molar-refractivity contribution in [2.75, 3.05) is 4.90 Å². The molecule has 0 radical (unpaired) electrons. The number of Topliss-reactive ketones (excluding diaryl/α,β-unsaturated/α-hetero) is 3. The number of hydrogen-bond acceptors (Lipinski definition) is 4. The van der Waals surface area contributed by atoms with E-state index in [-0.39, 0.29) is 17.3 Å². The summed E-state index contributed by atoms with van der Waals surface area (Å²) in [5, 5.41) is 0.984. The Bertz CT molecular complexity index is 1690. The van der Waals surface area contributed by atoms with Gasteiger partial charge in [0.05, 0.1) is 6.04 Å². The van der Waals surface area contributed by atoms with Gasteiger partial charge in [-0.1, -0.05) is 90.0 Å². The third-order valence-corrected chi connectivity index (χ3v) is 8.81. The number of fused-ring (bicyclic) bond motifs is 5. The highest BCUT2D eigenvalue weighted by molar-refractivity contribution is 6.33. The monoisotopic (exact) mass is 549 g/mol. The molecule has 0 bridgehead atoms. The molecule has 6 heteroatoms. The van der Waals surface area contributed by atoms with Gasteiger partial charge >= 0.3 is 0 Å². The molecule has 2 heterocycles. The molecule has 0 N–H and O–H groups in total. The molecule has 1 unspecified atom stereocenters. The number of benzene rings is 4. The molecule has 0 amide bonds. The Hall–Kier alpha value is -3.99. The first-order valence-corrected chi connectivity index (χ1v) is 13.5. The van der Waals surface area contributed by atoms with Crippen LogP contribution in [0.5, 0.6) is 0 Å². The van der Waals surface area contributed by atoms with Crippen molar-refractivity contribution in [1.82, 2.24) is 0 Å². The molecule has 0 saturated carbocycles. The summed E-state index contributed by atoms with van der Waals surface area (Å²) >= 11 is 12.6. The van der Waals surface area contributed by atoms with E-state index in [0.29, 0.717) is 32.3 Å². The summed E-state index contributed by atoms with van der Waals surface area (Å²) in [6, 6.07) is 27.1. The summed E-state index contributed by atoms with van der Waals surface area (Å²) < 4.78 is 0. The predicted octanol–water partition coefficient (Wildman–Crippen LogP) is 7.31. The van der Waals surface area contributed by atoms with E-state index in [9.17, 15) is 14.4 Å². The second-order valence-corrected chi connectivity index (χ2v) is 11.1. The Morgan fingerprint density at radius 2 is 1.41 bits per heavy atom. The van der Waals surface area contributed by atoms with Crippen molar-refractivity contribution >= 4 is 52.3 Å². The SMILES string of the molecule is O=C(c1ccc(Cl)cc1)[C@@H]1[C@@H](c2cccc(Cl)c2)C2(C(=O)c3ccccc3C2=O)C2C=Cc3ccccc3N21. The number of halogens is 2. The number of ketones is 3. The number of anilines is 1. The van der Waals surface area contributed by atoms with Crippen LogP contribution in [0.4, 0.5) is 5.69 Å². The molecule has 4 aromatic carbocycles. The average Bonchev–Trinajstić information content (AvgIpc) is 3.39. The molecule has 1 saturated heterocycles. The van der Waals surface area contributed by atoms with Crippen molar-refractivity contribution in [2.24, 2.45) is 5.41 Å². The zero-order chi connectivity index (χ0) is 26.9. The van der Waals surface area contributed by atoms with Crippen LogP contribution in [0.3, 0.4) is 0 Å². The lowest BCUT2D eigenvalue weighted by Crippen LogP contribution is -2.48. The number of rotatable bonds is 3. The molecule has 190 valence electrons. The molecule has 4 aromatic rings. The Balaban J connectivity index is 1.55. The lowest BCUT2D eigenvalue weighted by Gasteiger charge is -2.37. The van der Waals surface area contributed by atoms with Gasteiger partial charge in [-0.25, -0.2) is 0 Å². The van der Waals surface area contributed by atoms with Crippen LogP contribution in [-0.4, -0.2) is 29.4 Å². The smallest absolute Gasteiger partial charge is 0.185 e. The van der Waals surface area contributed by atoms with Crippen LogP contribution in [0.2, 0.25) is 10.0 Å². The minimum atomic E-state index is -1.55. The van der Waals surface area contributed by atoms with Crippen LogP contribution in [0.1, 0.15) is 48.1 Å². The van der Waals surface area contributed by atoms with Crippen molar-refractivity contribution in [3.63, 3.8) is 0 Å². The number of para-hydroxylation sites is 1. The third kappa shape index (κ3) is 3.28. The molecule has 1 spiro atoms. The minimum Gasteiger partial charge on any atom is -0.352 e. The Kier molecular flexibility index (Phi) is 5.41. The van der Waals surface area contributed by atoms with Crippen molar-refractivity contribution in [3.05, 3.63) is 141 Å². The molecular weight excluding hydrogens is 529 g/mol. The minimum absolute atomic E-state index is 0.194. The van der Waals surface area contributed by atoms with E-state index in [4.69, 9.17) is 23.2 Å². The lowest BCUT2D eigenvalue weighted by molar-refractivity contribution is 0.0666. The first-order valence-electron chi connectivity index (χ1n) is 12.7. The second-order valence-electron chi connectivity index (χ2n) is 10.2. The van der Waals surface area contributed by atoms with Crippen molar-refractivity contribution in [1.29, 1.82) is 0 Å². The summed E-state index contributed by atoms with van der Waals surface area (Å²) in [5.41, 5.74) is 2.07. The van der Waals surface area contributed by atoms with Gasteiger partial charge in [0, 0.05) is 38.3 Å². The van der Waals surface area contributed by atoms with Gasteiger partial charge in [0.1, 0.15) is 11.5 Å². The van der Waals surface area contributed by atoms with Crippen LogP contribution >= 0.6 is 23.2 Å². The van der Waals surface area contributed by atoms with Gasteiger partial charge in [-0.2, -0.15) is 0 Å². The Labute approximate surface area is 235 Å². The maximum absolute atomic E-state index is 14.6. The largest absolute Gasteiger partial charge is 0.352 e. The van der Waals surface area contributed by atoms with Gasteiger partial charge in [0.15, 0.2) is 17.3 Å². The van der Waals surface area contributed by atoms with E-state index in [1.165, 1.54) is 0 Å². The quantitative estimate of drug-likeness (QED) is 0.198. The summed E-state index contributed by atoms with van der Waals surface area (Å²) in [6.07, 6.45) is 3.86. The van der Waals surface area contributed by atoms with Crippen LogP contribution in [0, 0.1) is 5.41 Å². The van der Waals surface area contributed by atoms with Crippen LogP contribution < -0.4 is 4.90 Å². The summed E-state index contributed by atoms with van der Waals surface area (Å²) in [4.78, 5) is 45.7. The normalized spacial score (nSPS) is 22.1. The number of carbonyl (C=O) groups excluding carboxylic acids is 3. The van der Waals surface area contributed by atoms with E-state index in [0.717, 1.165) is 11.3 Å². The highest BCUT2D eigenvalue weighted by Crippen LogP contribution is 2.61. The Morgan fingerprint density at radius 3 is 2.10 bits per heavy atom. The van der Waals surface area contributed by atoms with E-state index >= 15 is 0 Å². The fourth-order valence-electron chi connectivity index (χ4n) is 6.78.